The average molecular weight is 976 g/mol. The summed E-state index contributed by atoms with van der Waals surface area (Å²) < 4.78 is 33.6. The lowest BCUT2D eigenvalue weighted by molar-refractivity contribution is -0.153. The first-order valence-corrected chi connectivity index (χ1v) is 22.5. The van der Waals surface area contributed by atoms with Gasteiger partial charge in [0, 0.05) is 31.2 Å². The zero-order valence-electron chi connectivity index (χ0n) is 41.5. The van der Waals surface area contributed by atoms with Gasteiger partial charge in [0.1, 0.15) is 45.7 Å². The SMILES string of the molecule is C=CC(=O)OCCNC(=O)OCCOC(=O)C(C)CC.C=CC(=O)OCCNC(=O)OCCOC(=O)C(C)CC.CCC(C)C(=O)N(CCC#N)CCC#N.CCC(C)C(=O)OC(CC#N)CC#N. The van der Waals surface area contributed by atoms with Crippen molar-refractivity contribution in [2.24, 2.45) is 23.7 Å². The Labute approximate surface area is 407 Å². The lowest BCUT2D eigenvalue weighted by atomic mass is 10.1. The van der Waals surface area contributed by atoms with E-state index in [0.717, 1.165) is 18.6 Å². The fraction of sp³-hybridized carbons (Fsp3) is 0.660. The molecule has 0 spiro atoms. The quantitative estimate of drug-likeness (QED) is 0.0403. The van der Waals surface area contributed by atoms with E-state index >= 15 is 0 Å². The van der Waals surface area contributed by atoms with Crippen molar-refractivity contribution in [2.45, 2.75) is 113 Å². The van der Waals surface area contributed by atoms with E-state index in [2.05, 4.69) is 33.3 Å². The fourth-order valence-electron chi connectivity index (χ4n) is 4.00. The van der Waals surface area contributed by atoms with Gasteiger partial charge in [-0.25, -0.2) is 19.2 Å². The molecule has 0 aromatic heterocycles. The number of rotatable bonds is 29. The van der Waals surface area contributed by atoms with Crippen LogP contribution in [0.5, 0.6) is 0 Å². The van der Waals surface area contributed by atoms with Crippen LogP contribution in [-0.2, 0) is 61.9 Å². The second-order valence-electron chi connectivity index (χ2n) is 14.4. The molecule has 0 aliphatic rings. The van der Waals surface area contributed by atoms with Crippen LogP contribution in [0.3, 0.4) is 0 Å². The monoisotopic (exact) mass is 976 g/mol. The summed E-state index contributed by atoms with van der Waals surface area (Å²) in [6, 6.07) is 7.79. The zero-order valence-corrected chi connectivity index (χ0v) is 41.5. The topological polar surface area (TPSA) is 324 Å². The van der Waals surface area contributed by atoms with E-state index in [-0.39, 0.29) is 113 Å². The Hall–Kier alpha value is -7.20. The summed E-state index contributed by atoms with van der Waals surface area (Å²) in [6.45, 7) is 22.4. The Kier molecular flexibility index (Phi) is 46.9. The number of nitrogens with zero attached hydrogens (tertiary/aromatic N) is 5. The summed E-state index contributed by atoms with van der Waals surface area (Å²) in [6.07, 6.45) is 3.84. The van der Waals surface area contributed by atoms with Crippen molar-refractivity contribution in [3.05, 3.63) is 25.3 Å². The van der Waals surface area contributed by atoms with Gasteiger partial charge in [-0.15, -0.1) is 0 Å². The lowest BCUT2D eigenvalue weighted by Gasteiger charge is -2.23. The van der Waals surface area contributed by atoms with Gasteiger partial charge in [-0.1, -0.05) is 68.5 Å². The normalized spacial score (nSPS) is 11.2. The van der Waals surface area contributed by atoms with E-state index in [1.54, 1.807) is 25.7 Å². The number of hydrogen-bond acceptors (Lipinski definition) is 19. The number of alkyl carbamates (subject to hydrolysis) is 2. The number of nitrogens with one attached hydrogen (secondary N) is 2. The molecule has 3 amide bonds. The minimum Gasteiger partial charge on any atom is -0.462 e. The summed E-state index contributed by atoms with van der Waals surface area (Å²) in [5, 5.41) is 38.5. The molecule has 4 unspecified atom stereocenters. The molecular formula is C47H73N7O15. The maximum absolute atomic E-state index is 11.8. The maximum Gasteiger partial charge on any atom is 0.407 e. The third-order valence-corrected chi connectivity index (χ3v) is 8.98. The van der Waals surface area contributed by atoms with Crippen LogP contribution in [0.15, 0.2) is 25.3 Å². The predicted molar refractivity (Wildman–Crippen MR) is 248 cm³/mol. The molecule has 69 heavy (non-hydrogen) atoms. The third kappa shape index (κ3) is 41.9. The predicted octanol–water partition coefficient (Wildman–Crippen LogP) is 5.52. The molecule has 0 aromatic carbocycles. The highest BCUT2D eigenvalue weighted by Gasteiger charge is 2.19. The van der Waals surface area contributed by atoms with Gasteiger partial charge in [-0.05, 0) is 25.7 Å². The summed E-state index contributed by atoms with van der Waals surface area (Å²) in [5.74, 6) is -2.55. The average Bonchev–Trinajstić information content (AvgIpc) is 3.35. The van der Waals surface area contributed by atoms with Crippen LogP contribution < -0.4 is 10.6 Å². The summed E-state index contributed by atoms with van der Waals surface area (Å²) in [7, 11) is 0. The Bertz CT molecular complexity index is 1620. The van der Waals surface area contributed by atoms with Crippen molar-refractivity contribution in [1.82, 2.24) is 15.5 Å². The Balaban J connectivity index is -0.000000413. The molecule has 0 aliphatic heterocycles. The molecule has 0 aromatic rings. The number of hydrogen-bond donors (Lipinski definition) is 2. The maximum atomic E-state index is 11.8. The molecule has 22 heteroatoms. The molecule has 0 rings (SSSR count). The molecule has 0 fully saturated rings. The van der Waals surface area contributed by atoms with Crippen molar-refractivity contribution in [2.75, 3.05) is 65.8 Å². The van der Waals surface area contributed by atoms with Gasteiger partial charge >= 0.3 is 42.0 Å². The van der Waals surface area contributed by atoms with E-state index in [1.807, 2.05) is 58.9 Å². The highest BCUT2D eigenvalue weighted by atomic mass is 16.6. The van der Waals surface area contributed by atoms with E-state index in [4.69, 9.17) is 44.7 Å². The number of carbonyl (C=O) groups excluding carboxylic acids is 8. The molecule has 0 aliphatic carbocycles. The molecule has 0 radical (unpaired) electrons. The number of ether oxygens (including phenoxy) is 7. The van der Waals surface area contributed by atoms with E-state index in [0.29, 0.717) is 45.2 Å². The highest BCUT2D eigenvalue weighted by Crippen LogP contribution is 2.10. The molecule has 4 atom stereocenters. The number of esters is 5. The molecule has 0 heterocycles. The van der Waals surface area contributed by atoms with Crippen LogP contribution in [-0.4, -0.2) is 125 Å². The Morgan fingerprint density at radius 1 is 0.507 bits per heavy atom. The first-order valence-electron chi connectivity index (χ1n) is 22.5. The van der Waals surface area contributed by atoms with Crippen LogP contribution in [0.2, 0.25) is 0 Å². The molecule has 0 saturated carbocycles. The molecule has 22 nitrogen and oxygen atoms in total. The molecule has 2 N–H and O–H groups in total. The van der Waals surface area contributed by atoms with Gasteiger partial charge in [0.25, 0.3) is 0 Å². The highest BCUT2D eigenvalue weighted by molar-refractivity contribution is 5.81. The van der Waals surface area contributed by atoms with E-state index < -0.39 is 30.2 Å². The van der Waals surface area contributed by atoms with Crippen molar-refractivity contribution in [1.29, 1.82) is 21.0 Å². The number of carbonyl (C=O) groups is 8. The van der Waals surface area contributed by atoms with Crippen LogP contribution in [0.1, 0.15) is 107 Å². The minimum atomic E-state index is -0.667. The first-order chi connectivity index (χ1) is 32.8. The van der Waals surface area contributed by atoms with Crippen molar-refractivity contribution < 1.29 is 71.5 Å². The van der Waals surface area contributed by atoms with Gasteiger partial charge in [0.15, 0.2) is 0 Å². The van der Waals surface area contributed by atoms with Crippen LogP contribution >= 0.6 is 0 Å². The van der Waals surface area contributed by atoms with Gasteiger partial charge in [-0.3, -0.25) is 19.2 Å². The largest absolute Gasteiger partial charge is 0.462 e. The summed E-state index contributed by atoms with van der Waals surface area (Å²) in [4.78, 5) is 90.9. The first kappa shape index (κ1) is 68.4. The van der Waals surface area contributed by atoms with Crippen molar-refractivity contribution in [3.63, 3.8) is 0 Å². The fourth-order valence-corrected chi connectivity index (χ4v) is 4.00. The van der Waals surface area contributed by atoms with Crippen LogP contribution in [0.25, 0.3) is 0 Å². The minimum absolute atomic E-state index is 0.0159. The molecule has 0 saturated heterocycles. The summed E-state index contributed by atoms with van der Waals surface area (Å²) in [5.41, 5.74) is 0. The molecule has 386 valence electrons. The van der Waals surface area contributed by atoms with Gasteiger partial charge in [0.2, 0.25) is 5.91 Å². The number of amides is 3. The second-order valence-corrected chi connectivity index (χ2v) is 14.4. The van der Waals surface area contributed by atoms with Crippen LogP contribution in [0, 0.1) is 69.0 Å². The third-order valence-electron chi connectivity index (χ3n) is 8.98. The lowest BCUT2D eigenvalue weighted by Crippen LogP contribution is -2.36. The Morgan fingerprint density at radius 2 is 0.855 bits per heavy atom. The van der Waals surface area contributed by atoms with E-state index in [1.165, 1.54) is 0 Å². The zero-order chi connectivity index (χ0) is 53.4. The smallest absolute Gasteiger partial charge is 0.407 e. The Morgan fingerprint density at radius 3 is 1.17 bits per heavy atom. The van der Waals surface area contributed by atoms with Gasteiger partial charge < -0.3 is 48.7 Å². The second kappa shape index (κ2) is 47.3. The van der Waals surface area contributed by atoms with Crippen molar-refractivity contribution in [3.8, 4) is 24.3 Å². The summed E-state index contributed by atoms with van der Waals surface area (Å²) >= 11 is 0. The van der Waals surface area contributed by atoms with Gasteiger partial charge in [0.05, 0.1) is 80.8 Å². The standard InChI is InChI=1S/2C13H21NO6.C11H17N3O.C10H14N2O2/c2*1-4-10(3)12(16)19-8-9-20-13(17)14-6-7-18-11(15)5-2;1-3-10(2)11(15)14(8-4-6-12)9-5-7-13;1-3-8(2)10(13)14-9(4-6-11)5-7-12/h2*5,10H,2,4,6-9H2,1,3H3,(H,14,17);10H,3-5,8-9H2,1-2H3;8-9H,3-5H2,1-2H3. The number of nitriles is 4. The van der Waals surface area contributed by atoms with E-state index in [9.17, 15) is 38.4 Å². The molecule has 0 bridgehead atoms. The van der Waals surface area contributed by atoms with Crippen molar-refractivity contribution >= 4 is 47.9 Å². The van der Waals surface area contributed by atoms with Gasteiger partial charge in [-0.2, -0.15) is 21.0 Å². The molecular weight excluding hydrogens is 903 g/mol. The van der Waals surface area contributed by atoms with Crippen LogP contribution in [0.4, 0.5) is 9.59 Å².